The Hall–Kier alpha value is -0.120. The van der Waals surface area contributed by atoms with Crippen LogP contribution in [0.5, 0.6) is 0 Å². The second-order valence-electron chi connectivity index (χ2n) is 8.42. The average Bonchev–Trinajstić information content (AvgIpc) is 2.50. The van der Waals surface area contributed by atoms with Crippen LogP contribution >= 0.6 is 0 Å². The predicted octanol–water partition coefficient (Wildman–Crippen LogP) is 2.77. The lowest BCUT2D eigenvalue weighted by Crippen LogP contribution is -2.56. The fraction of sp³-hybridized carbons (Fsp3) is 1.00. The van der Waals surface area contributed by atoms with E-state index < -0.39 is 0 Å². The van der Waals surface area contributed by atoms with E-state index in [0.29, 0.717) is 11.3 Å². The van der Waals surface area contributed by atoms with Crippen molar-refractivity contribution < 1.29 is 5.11 Å². The summed E-state index contributed by atoms with van der Waals surface area (Å²) >= 11 is 0. The van der Waals surface area contributed by atoms with Crippen molar-refractivity contribution in [2.75, 3.05) is 26.2 Å². The molecule has 122 valence electrons. The highest BCUT2D eigenvalue weighted by Crippen LogP contribution is 2.43. The Morgan fingerprint density at radius 3 is 2.57 bits per heavy atom. The van der Waals surface area contributed by atoms with Crippen LogP contribution in [0, 0.1) is 17.3 Å². The van der Waals surface area contributed by atoms with Gasteiger partial charge in [0, 0.05) is 25.6 Å². The molecule has 2 unspecified atom stereocenters. The summed E-state index contributed by atoms with van der Waals surface area (Å²) in [5.41, 5.74) is 6.20. The third kappa shape index (κ3) is 3.30. The number of hydrogen-bond donors (Lipinski definition) is 2. The van der Waals surface area contributed by atoms with E-state index in [1.165, 1.54) is 51.5 Å². The molecule has 0 amide bonds. The van der Waals surface area contributed by atoms with Gasteiger partial charge in [-0.15, -0.1) is 0 Å². The summed E-state index contributed by atoms with van der Waals surface area (Å²) in [6, 6.07) is 0. The van der Waals surface area contributed by atoms with Crippen molar-refractivity contribution >= 4 is 0 Å². The minimum Gasteiger partial charge on any atom is -0.390 e. The molecule has 1 saturated heterocycles. The Morgan fingerprint density at radius 2 is 1.86 bits per heavy atom. The second-order valence-corrected chi connectivity index (χ2v) is 8.42. The van der Waals surface area contributed by atoms with Gasteiger partial charge < -0.3 is 15.7 Å². The molecule has 3 rings (SSSR count). The van der Waals surface area contributed by atoms with Gasteiger partial charge in [0.25, 0.3) is 0 Å². The predicted molar refractivity (Wildman–Crippen MR) is 87.1 cm³/mol. The number of likely N-dealkylation sites (tertiary alicyclic amines) is 1. The highest BCUT2D eigenvalue weighted by Gasteiger charge is 2.44. The molecule has 3 N–H and O–H groups in total. The highest BCUT2D eigenvalue weighted by atomic mass is 16.3. The zero-order valence-electron chi connectivity index (χ0n) is 13.8. The van der Waals surface area contributed by atoms with E-state index in [9.17, 15) is 5.11 Å². The second kappa shape index (κ2) is 6.17. The van der Waals surface area contributed by atoms with Crippen LogP contribution in [0.2, 0.25) is 0 Å². The normalized spacial score (nSPS) is 45.3. The first kappa shape index (κ1) is 15.8. The molecule has 0 aromatic heterocycles. The van der Waals surface area contributed by atoms with E-state index in [0.717, 1.165) is 38.4 Å². The van der Waals surface area contributed by atoms with Crippen LogP contribution in [0.1, 0.15) is 64.7 Å². The molecule has 21 heavy (non-hydrogen) atoms. The third-order valence-corrected chi connectivity index (χ3v) is 6.84. The molecule has 1 aliphatic heterocycles. The van der Waals surface area contributed by atoms with Gasteiger partial charge in [-0.05, 0) is 50.0 Å². The van der Waals surface area contributed by atoms with Crippen molar-refractivity contribution in [2.45, 2.75) is 70.3 Å². The molecule has 3 heteroatoms. The van der Waals surface area contributed by atoms with Crippen LogP contribution in [0.4, 0.5) is 0 Å². The van der Waals surface area contributed by atoms with Gasteiger partial charge in [0.2, 0.25) is 0 Å². The van der Waals surface area contributed by atoms with E-state index in [-0.39, 0.29) is 5.60 Å². The van der Waals surface area contributed by atoms with Crippen molar-refractivity contribution in [2.24, 2.45) is 23.0 Å². The lowest BCUT2D eigenvalue weighted by Gasteiger charge is -2.50. The molecular formula is C18H34N2O. The lowest BCUT2D eigenvalue weighted by atomic mass is 9.68. The minimum absolute atomic E-state index is 0.342. The maximum Gasteiger partial charge on any atom is 0.0700 e. The fourth-order valence-electron chi connectivity index (χ4n) is 5.06. The van der Waals surface area contributed by atoms with Crippen LogP contribution in [0.15, 0.2) is 0 Å². The Bertz CT molecular complexity index is 351. The first-order chi connectivity index (χ1) is 10.1. The molecule has 0 aromatic carbocycles. The number of nitrogens with two attached hydrogens (primary N) is 1. The summed E-state index contributed by atoms with van der Waals surface area (Å²) in [6.45, 7) is 6.57. The van der Waals surface area contributed by atoms with Gasteiger partial charge in [-0.25, -0.2) is 0 Å². The highest BCUT2D eigenvalue weighted by molar-refractivity contribution is 4.97. The van der Waals surface area contributed by atoms with E-state index in [1.54, 1.807) is 0 Å². The topological polar surface area (TPSA) is 49.5 Å². The van der Waals surface area contributed by atoms with E-state index in [1.807, 2.05) is 0 Å². The Balaban J connectivity index is 1.60. The first-order valence-electron chi connectivity index (χ1n) is 9.20. The number of fused-ring (bicyclic) bond motifs is 1. The van der Waals surface area contributed by atoms with Crippen molar-refractivity contribution in [3.63, 3.8) is 0 Å². The van der Waals surface area contributed by atoms with Crippen molar-refractivity contribution in [1.29, 1.82) is 0 Å². The maximum absolute atomic E-state index is 10.8. The summed E-state index contributed by atoms with van der Waals surface area (Å²) in [4.78, 5) is 2.63. The molecule has 1 heterocycles. The summed E-state index contributed by atoms with van der Waals surface area (Å²) in [6.07, 6.45) is 11.1. The number of nitrogens with zero attached hydrogens (tertiary/aromatic N) is 1. The molecule has 0 bridgehead atoms. The van der Waals surface area contributed by atoms with Gasteiger partial charge >= 0.3 is 0 Å². The summed E-state index contributed by atoms with van der Waals surface area (Å²) in [7, 11) is 0. The Labute approximate surface area is 130 Å². The molecule has 2 saturated carbocycles. The Morgan fingerprint density at radius 1 is 1.10 bits per heavy atom. The summed E-state index contributed by atoms with van der Waals surface area (Å²) in [5.74, 6) is 1.40. The standard InChI is InChI=1S/C18H34N2O/c1-15-5-8-17(13-19,9-6-15)14-20-11-10-18(21)7-3-2-4-16(18)12-20/h15-16,21H,2-14,19H2,1H3. The van der Waals surface area contributed by atoms with Crippen LogP contribution < -0.4 is 5.73 Å². The molecule has 3 aliphatic rings. The van der Waals surface area contributed by atoms with E-state index in [2.05, 4.69) is 11.8 Å². The van der Waals surface area contributed by atoms with Crippen molar-refractivity contribution in [3.8, 4) is 0 Å². The van der Waals surface area contributed by atoms with Crippen LogP contribution in [-0.2, 0) is 0 Å². The van der Waals surface area contributed by atoms with E-state index >= 15 is 0 Å². The maximum atomic E-state index is 10.8. The van der Waals surface area contributed by atoms with E-state index in [4.69, 9.17) is 5.73 Å². The van der Waals surface area contributed by atoms with Gasteiger partial charge in [0.05, 0.1) is 5.60 Å². The zero-order valence-corrected chi connectivity index (χ0v) is 13.8. The molecule has 0 spiro atoms. The molecule has 3 fully saturated rings. The third-order valence-electron chi connectivity index (χ3n) is 6.84. The quantitative estimate of drug-likeness (QED) is 0.841. The Kier molecular flexibility index (Phi) is 4.63. The number of aliphatic hydroxyl groups is 1. The first-order valence-corrected chi connectivity index (χ1v) is 9.20. The number of rotatable bonds is 3. The van der Waals surface area contributed by atoms with Gasteiger partial charge in [-0.1, -0.05) is 32.6 Å². The summed E-state index contributed by atoms with van der Waals surface area (Å²) < 4.78 is 0. The van der Waals surface area contributed by atoms with Crippen molar-refractivity contribution in [1.82, 2.24) is 4.90 Å². The number of hydrogen-bond acceptors (Lipinski definition) is 3. The van der Waals surface area contributed by atoms with Crippen LogP contribution in [0.3, 0.4) is 0 Å². The SMILES string of the molecule is CC1CCC(CN)(CN2CCC3(O)CCCCC3C2)CC1. The number of piperidine rings is 1. The van der Waals surface area contributed by atoms with Crippen molar-refractivity contribution in [3.05, 3.63) is 0 Å². The van der Waals surface area contributed by atoms with Crippen LogP contribution in [0.25, 0.3) is 0 Å². The largest absolute Gasteiger partial charge is 0.390 e. The molecule has 2 aliphatic carbocycles. The minimum atomic E-state index is -0.342. The van der Waals surface area contributed by atoms with Gasteiger partial charge in [0.1, 0.15) is 0 Å². The molecule has 0 aromatic rings. The van der Waals surface area contributed by atoms with Gasteiger partial charge in [0.15, 0.2) is 0 Å². The zero-order chi connectivity index (χ0) is 14.9. The lowest BCUT2D eigenvalue weighted by molar-refractivity contribution is -0.102. The molecular weight excluding hydrogens is 260 g/mol. The van der Waals surface area contributed by atoms with Crippen LogP contribution in [-0.4, -0.2) is 41.8 Å². The van der Waals surface area contributed by atoms with Gasteiger partial charge in [-0.2, -0.15) is 0 Å². The molecule has 3 nitrogen and oxygen atoms in total. The molecule has 0 radical (unpaired) electrons. The monoisotopic (exact) mass is 294 g/mol. The average molecular weight is 294 g/mol. The smallest absolute Gasteiger partial charge is 0.0700 e. The van der Waals surface area contributed by atoms with Gasteiger partial charge in [-0.3, -0.25) is 0 Å². The summed E-state index contributed by atoms with van der Waals surface area (Å²) in [5, 5.41) is 10.8. The fourth-order valence-corrected chi connectivity index (χ4v) is 5.06. The molecule has 2 atom stereocenters.